The van der Waals surface area contributed by atoms with E-state index in [0.717, 1.165) is 28.0 Å². The average Bonchev–Trinajstić information content (AvgIpc) is 2.84. The highest BCUT2D eigenvalue weighted by Crippen LogP contribution is 2.32. The quantitative estimate of drug-likeness (QED) is 0.846. The number of alkyl halides is 3. The van der Waals surface area contributed by atoms with Gasteiger partial charge in [0.1, 0.15) is 6.54 Å². The van der Waals surface area contributed by atoms with E-state index in [1.165, 1.54) is 0 Å². The summed E-state index contributed by atoms with van der Waals surface area (Å²) in [5.41, 5.74) is 0.158. The van der Waals surface area contributed by atoms with Crippen molar-refractivity contribution in [2.75, 3.05) is 4.90 Å². The van der Waals surface area contributed by atoms with E-state index in [0.29, 0.717) is 12.6 Å². The third-order valence-electron chi connectivity index (χ3n) is 4.09. The highest BCUT2D eigenvalue weighted by atomic mass is 19.4. The molecule has 2 aromatic rings. The fourth-order valence-corrected chi connectivity index (χ4v) is 2.99. The maximum atomic E-state index is 12.8. The second kappa shape index (κ2) is 5.81. The minimum absolute atomic E-state index is 0.101. The summed E-state index contributed by atoms with van der Waals surface area (Å²) in [6, 6.07) is 8.83. The molecule has 1 aliphatic heterocycles. The van der Waals surface area contributed by atoms with Crippen molar-refractivity contribution in [2.45, 2.75) is 32.1 Å². The van der Waals surface area contributed by atoms with Crippen molar-refractivity contribution >= 4 is 11.6 Å². The summed E-state index contributed by atoms with van der Waals surface area (Å²) in [6.45, 7) is 1.44. The molecule has 126 valence electrons. The molecule has 24 heavy (non-hydrogen) atoms. The standard InChI is InChI=1S/C17H15F3N2O2/c1-11-8-12-4-2-3-5-14(12)22(11)16(24)10-21-9-13(17(18,19)20)6-7-15(21)23/h2-7,9,11H,8,10H2,1H3/t11-/m0/s1. The number of hydrogen-bond acceptors (Lipinski definition) is 2. The molecule has 0 saturated heterocycles. The molecule has 1 aromatic heterocycles. The molecule has 0 aliphatic carbocycles. The lowest BCUT2D eigenvalue weighted by Crippen LogP contribution is -2.40. The summed E-state index contributed by atoms with van der Waals surface area (Å²) in [7, 11) is 0. The highest BCUT2D eigenvalue weighted by molar-refractivity contribution is 5.96. The van der Waals surface area contributed by atoms with Crippen LogP contribution in [0.25, 0.3) is 0 Å². The third kappa shape index (κ3) is 2.93. The minimum Gasteiger partial charge on any atom is -0.307 e. The second-order valence-corrected chi connectivity index (χ2v) is 5.83. The van der Waals surface area contributed by atoms with Crippen molar-refractivity contribution in [3.63, 3.8) is 0 Å². The minimum atomic E-state index is -4.56. The largest absolute Gasteiger partial charge is 0.417 e. The van der Waals surface area contributed by atoms with E-state index in [4.69, 9.17) is 0 Å². The van der Waals surface area contributed by atoms with Crippen molar-refractivity contribution in [3.8, 4) is 0 Å². The monoisotopic (exact) mass is 336 g/mol. The highest BCUT2D eigenvalue weighted by Gasteiger charge is 2.33. The molecule has 1 atom stereocenters. The Balaban J connectivity index is 1.90. The number of carbonyl (C=O) groups is 1. The van der Waals surface area contributed by atoms with Crippen molar-refractivity contribution in [3.05, 3.63) is 64.1 Å². The Kier molecular flexibility index (Phi) is 3.95. The fourth-order valence-electron chi connectivity index (χ4n) is 2.99. The zero-order valence-corrected chi connectivity index (χ0v) is 12.9. The zero-order chi connectivity index (χ0) is 17.5. The van der Waals surface area contributed by atoms with Crippen LogP contribution < -0.4 is 10.5 Å². The maximum absolute atomic E-state index is 12.8. The lowest BCUT2D eigenvalue weighted by atomic mass is 10.1. The van der Waals surface area contributed by atoms with E-state index in [9.17, 15) is 22.8 Å². The first kappa shape index (κ1) is 16.3. The van der Waals surface area contributed by atoms with E-state index in [1.54, 1.807) is 17.0 Å². The van der Waals surface area contributed by atoms with Crippen LogP contribution in [0.1, 0.15) is 18.1 Å². The molecule has 0 fully saturated rings. The molecule has 0 saturated carbocycles. The molecule has 0 N–H and O–H groups in total. The molecule has 0 bridgehead atoms. The van der Waals surface area contributed by atoms with Gasteiger partial charge in [-0.2, -0.15) is 13.2 Å². The van der Waals surface area contributed by atoms with Gasteiger partial charge < -0.3 is 9.47 Å². The van der Waals surface area contributed by atoms with Crippen LogP contribution in [0.15, 0.2) is 47.4 Å². The summed E-state index contributed by atoms with van der Waals surface area (Å²) in [4.78, 5) is 25.9. The molecular formula is C17H15F3N2O2. The van der Waals surface area contributed by atoms with Gasteiger partial charge in [-0.3, -0.25) is 9.59 Å². The number of rotatable bonds is 2. The van der Waals surface area contributed by atoms with Crippen LogP contribution in [0.5, 0.6) is 0 Å². The predicted molar refractivity (Wildman–Crippen MR) is 82.8 cm³/mol. The molecule has 0 unspecified atom stereocenters. The van der Waals surface area contributed by atoms with Crippen molar-refractivity contribution in [1.82, 2.24) is 4.57 Å². The zero-order valence-electron chi connectivity index (χ0n) is 12.9. The first-order valence-corrected chi connectivity index (χ1v) is 7.45. The third-order valence-corrected chi connectivity index (χ3v) is 4.09. The van der Waals surface area contributed by atoms with Crippen LogP contribution in [0, 0.1) is 0 Å². The lowest BCUT2D eigenvalue weighted by molar-refractivity contribution is -0.138. The molecule has 1 amide bonds. The Morgan fingerprint density at radius 1 is 1.21 bits per heavy atom. The van der Waals surface area contributed by atoms with E-state index in [-0.39, 0.29) is 6.04 Å². The number of halogens is 3. The van der Waals surface area contributed by atoms with Gasteiger partial charge in [-0.05, 0) is 31.0 Å². The van der Waals surface area contributed by atoms with Gasteiger partial charge >= 0.3 is 6.18 Å². The van der Waals surface area contributed by atoms with E-state index in [1.807, 2.05) is 19.1 Å². The van der Waals surface area contributed by atoms with Crippen LogP contribution in [-0.4, -0.2) is 16.5 Å². The van der Waals surface area contributed by atoms with Crippen LogP contribution in [0.2, 0.25) is 0 Å². The molecule has 7 heteroatoms. The van der Waals surface area contributed by atoms with Gasteiger partial charge in [-0.15, -0.1) is 0 Å². The van der Waals surface area contributed by atoms with Gasteiger partial charge in [0.05, 0.1) is 5.56 Å². The van der Waals surface area contributed by atoms with Gasteiger partial charge in [-0.25, -0.2) is 0 Å². The van der Waals surface area contributed by atoms with Gasteiger partial charge in [0.15, 0.2) is 0 Å². The average molecular weight is 336 g/mol. The summed E-state index contributed by atoms with van der Waals surface area (Å²) < 4.78 is 39.2. The van der Waals surface area contributed by atoms with Gasteiger partial charge in [-0.1, -0.05) is 18.2 Å². The number of anilines is 1. The smallest absolute Gasteiger partial charge is 0.307 e. The topological polar surface area (TPSA) is 42.3 Å². The Hall–Kier alpha value is -2.57. The first-order valence-electron chi connectivity index (χ1n) is 7.45. The SMILES string of the molecule is C[C@H]1Cc2ccccc2N1C(=O)Cn1cc(C(F)(F)F)ccc1=O. The Bertz CT molecular complexity index is 842. The summed E-state index contributed by atoms with van der Waals surface area (Å²) in [5, 5.41) is 0. The molecular weight excluding hydrogens is 321 g/mol. The number of para-hydroxylation sites is 1. The number of amides is 1. The van der Waals surface area contributed by atoms with E-state index < -0.39 is 29.8 Å². The lowest BCUT2D eigenvalue weighted by Gasteiger charge is -2.23. The number of nitrogens with zero attached hydrogens (tertiary/aromatic N) is 2. The fraction of sp³-hybridized carbons (Fsp3) is 0.294. The molecule has 0 radical (unpaired) electrons. The number of carbonyl (C=O) groups excluding carboxylic acids is 1. The summed E-state index contributed by atoms with van der Waals surface area (Å²) in [6.07, 6.45) is -3.20. The molecule has 1 aliphatic rings. The Morgan fingerprint density at radius 3 is 2.62 bits per heavy atom. The predicted octanol–water partition coefficient (Wildman–Crippen LogP) is 2.84. The van der Waals surface area contributed by atoms with E-state index >= 15 is 0 Å². The summed E-state index contributed by atoms with van der Waals surface area (Å²) in [5.74, 6) is -0.408. The Morgan fingerprint density at radius 2 is 1.92 bits per heavy atom. The van der Waals surface area contributed by atoms with Crippen molar-refractivity contribution in [2.24, 2.45) is 0 Å². The molecule has 1 aromatic carbocycles. The van der Waals surface area contributed by atoms with Gasteiger partial charge in [0, 0.05) is 24.0 Å². The molecule has 4 nitrogen and oxygen atoms in total. The van der Waals surface area contributed by atoms with Crippen molar-refractivity contribution < 1.29 is 18.0 Å². The molecule has 2 heterocycles. The van der Waals surface area contributed by atoms with Crippen LogP contribution >= 0.6 is 0 Å². The Labute approximate surface area is 136 Å². The number of benzene rings is 1. The van der Waals surface area contributed by atoms with Crippen LogP contribution in [0.3, 0.4) is 0 Å². The number of fused-ring (bicyclic) bond motifs is 1. The number of hydrogen-bond donors (Lipinski definition) is 0. The van der Waals surface area contributed by atoms with Crippen LogP contribution in [-0.2, 0) is 23.9 Å². The summed E-state index contributed by atoms with van der Waals surface area (Å²) >= 11 is 0. The van der Waals surface area contributed by atoms with Gasteiger partial charge in [0.2, 0.25) is 5.91 Å². The normalized spacial score (nSPS) is 17.0. The van der Waals surface area contributed by atoms with E-state index in [2.05, 4.69) is 0 Å². The first-order chi connectivity index (χ1) is 11.3. The van der Waals surface area contributed by atoms with Crippen LogP contribution in [0.4, 0.5) is 18.9 Å². The molecule has 0 spiro atoms. The number of pyridine rings is 1. The number of aromatic nitrogens is 1. The van der Waals surface area contributed by atoms with Crippen molar-refractivity contribution in [1.29, 1.82) is 0 Å². The van der Waals surface area contributed by atoms with Gasteiger partial charge in [0.25, 0.3) is 5.56 Å². The second-order valence-electron chi connectivity index (χ2n) is 5.83. The maximum Gasteiger partial charge on any atom is 0.417 e. The molecule has 3 rings (SSSR count).